The van der Waals surface area contributed by atoms with Crippen LogP contribution in [-0.4, -0.2) is 31.6 Å². The maximum absolute atomic E-state index is 10.6. The van der Waals surface area contributed by atoms with Gasteiger partial charge in [0.1, 0.15) is 5.82 Å². The van der Waals surface area contributed by atoms with E-state index in [1.807, 2.05) is 0 Å². The molecule has 0 amide bonds. The van der Waals surface area contributed by atoms with Crippen molar-refractivity contribution in [1.82, 2.24) is 14.8 Å². The lowest BCUT2D eigenvalue weighted by Crippen LogP contribution is -2.05. The van der Waals surface area contributed by atoms with Crippen molar-refractivity contribution in [2.75, 3.05) is 5.75 Å². The van der Waals surface area contributed by atoms with E-state index < -0.39 is 5.97 Å². The lowest BCUT2D eigenvalue weighted by atomic mass is 10.4. The Bertz CT molecular complexity index is 456. The first kappa shape index (κ1) is 11.1. The van der Waals surface area contributed by atoms with E-state index in [0.717, 1.165) is 11.0 Å². The topological polar surface area (TPSA) is 68.0 Å². The Morgan fingerprint density at radius 2 is 2.24 bits per heavy atom. The van der Waals surface area contributed by atoms with Crippen LogP contribution in [-0.2, 0) is 4.79 Å². The van der Waals surface area contributed by atoms with Gasteiger partial charge in [-0.15, -0.1) is 10.2 Å². The molecule has 1 aromatic heterocycles. The molecule has 6 heteroatoms. The fourth-order valence-corrected chi connectivity index (χ4v) is 2.83. The van der Waals surface area contributed by atoms with Crippen molar-refractivity contribution in [3.8, 4) is 0 Å². The molecule has 0 aromatic carbocycles. The number of thioether (sulfide) groups is 1. The maximum atomic E-state index is 10.6. The zero-order chi connectivity index (χ0) is 12.0. The second kappa shape index (κ2) is 4.01. The summed E-state index contributed by atoms with van der Waals surface area (Å²) in [5.41, 5.74) is 0. The van der Waals surface area contributed by atoms with Crippen LogP contribution in [0.1, 0.15) is 44.0 Å². The highest BCUT2D eigenvalue weighted by molar-refractivity contribution is 7.99. The van der Waals surface area contributed by atoms with Crippen LogP contribution < -0.4 is 0 Å². The van der Waals surface area contributed by atoms with Crippen LogP contribution in [0.5, 0.6) is 0 Å². The number of hydrogen-bond acceptors (Lipinski definition) is 4. The number of carboxylic acids is 1. The Labute approximate surface area is 104 Å². The van der Waals surface area contributed by atoms with Gasteiger partial charge in [-0.3, -0.25) is 4.79 Å². The molecule has 5 nitrogen and oxygen atoms in total. The molecule has 0 radical (unpaired) electrons. The van der Waals surface area contributed by atoms with Crippen molar-refractivity contribution in [2.24, 2.45) is 5.92 Å². The molecule has 0 spiro atoms. The van der Waals surface area contributed by atoms with Gasteiger partial charge in [0.15, 0.2) is 5.16 Å². The van der Waals surface area contributed by atoms with Gasteiger partial charge in [0.25, 0.3) is 0 Å². The summed E-state index contributed by atoms with van der Waals surface area (Å²) in [6.07, 6.45) is 3.56. The second-order valence-corrected chi connectivity index (χ2v) is 5.89. The van der Waals surface area contributed by atoms with Gasteiger partial charge in [-0.25, -0.2) is 0 Å². The van der Waals surface area contributed by atoms with E-state index in [2.05, 4.69) is 21.7 Å². The number of aromatic nitrogens is 3. The summed E-state index contributed by atoms with van der Waals surface area (Å²) in [5, 5.41) is 17.9. The SMILES string of the molecule is CC1CC1n1c(SCC(=O)O)nnc1C1CC1. The summed E-state index contributed by atoms with van der Waals surface area (Å²) in [6, 6.07) is 0.497. The largest absolute Gasteiger partial charge is 0.481 e. The van der Waals surface area contributed by atoms with Gasteiger partial charge in [-0.05, 0) is 25.2 Å². The number of carboxylic acid groups (broad SMARTS) is 1. The first-order valence-corrected chi connectivity index (χ1v) is 6.94. The van der Waals surface area contributed by atoms with Gasteiger partial charge in [0.05, 0.1) is 5.75 Å². The van der Waals surface area contributed by atoms with E-state index in [1.54, 1.807) is 0 Å². The highest BCUT2D eigenvalue weighted by Gasteiger charge is 2.41. The van der Waals surface area contributed by atoms with E-state index >= 15 is 0 Å². The Kier molecular flexibility index (Phi) is 2.61. The highest BCUT2D eigenvalue weighted by atomic mass is 32.2. The fourth-order valence-electron chi connectivity index (χ4n) is 2.11. The van der Waals surface area contributed by atoms with Crippen LogP contribution in [0, 0.1) is 5.92 Å². The molecule has 0 saturated heterocycles. The van der Waals surface area contributed by atoms with Crippen molar-refractivity contribution in [3.63, 3.8) is 0 Å². The molecule has 2 aliphatic carbocycles. The molecule has 2 atom stereocenters. The van der Waals surface area contributed by atoms with Crippen molar-refractivity contribution < 1.29 is 9.90 Å². The van der Waals surface area contributed by atoms with Gasteiger partial charge >= 0.3 is 5.97 Å². The lowest BCUT2D eigenvalue weighted by molar-refractivity contribution is -0.133. The Balaban J connectivity index is 1.84. The smallest absolute Gasteiger partial charge is 0.313 e. The van der Waals surface area contributed by atoms with Gasteiger partial charge in [0, 0.05) is 12.0 Å². The van der Waals surface area contributed by atoms with E-state index in [9.17, 15) is 4.79 Å². The van der Waals surface area contributed by atoms with Crippen LogP contribution in [0.2, 0.25) is 0 Å². The summed E-state index contributed by atoms with van der Waals surface area (Å²) in [6.45, 7) is 2.22. The summed E-state index contributed by atoms with van der Waals surface area (Å²) in [4.78, 5) is 10.6. The molecule has 2 saturated carbocycles. The van der Waals surface area contributed by atoms with Crippen molar-refractivity contribution in [2.45, 2.75) is 43.3 Å². The fraction of sp³-hybridized carbons (Fsp3) is 0.727. The van der Waals surface area contributed by atoms with Crippen molar-refractivity contribution in [3.05, 3.63) is 5.82 Å². The Hall–Kier alpha value is -1.04. The second-order valence-electron chi connectivity index (χ2n) is 4.95. The first-order valence-electron chi connectivity index (χ1n) is 5.96. The average molecular weight is 253 g/mol. The normalized spacial score (nSPS) is 27.1. The summed E-state index contributed by atoms with van der Waals surface area (Å²) in [7, 11) is 0. The van der Waals surface area contributed by atoms with Crippen LogP contribution >= 0.6 is 11.8 Å². The lowest BCUT2D eigenvalue weighted by Gasteiger charge is -2.07. The van der Waals surface area contributed by atoms with Crippen LogP contribution in [0.4, 0.5) is 0 Å². The molecule has 0 aliphatic heterocycles. The molecule has 2 aliphatic rings. The summed E-state index contributed by atoms with van der Waals surface area (Å²) in [5.74, 6) is 1.57. The molecule has 2 unspecified atom stereocenters. The standard InChI is InChI=1S/C11H15N3O2S/c1-6-4-8(6)14-10(7-2-3-7)12-13-11(14)17-5-9(15)16/h6-8H,2-5H2,1H3,(H,15,16). The van der Waals surface area contributed by atoms with Crippen LogP contribution in [0.15, 0.2) is 5.16 Å². The molecule has 3 rings (SSSR count). The van der Waals surface area contributed by atoms with Gasteiger partial charge in [-0.2, -0.15) is 0 Å². The number of carbonyl (C=O) groups is 1. The molecule has 1 aromatic rings. The third kappa shape index (κ3) is 2.18. The number of rotatable bonds is 5. The zero-order valence-electron chi connectivity index (χ0n) is 9.67. The molecular weight excluding hydrogens is 238 g/mol. The first-order chi connectivity index (χ1) is 8.16. The molecule has 1 N–H and O–H groups in total. The van der Waals surface area contributed by atoms with Gasteiger partial charge < -0.3 is 9.67 Å². The zero-order valence-corrected chi connectivity index (χ0v) is 10.5. The number of aliphatic carboxylic acids is 1. The van der Waals surface area contributed by atoms with Crippen molar-refractivity contribution in [1.29, 1.82) is 0 Å². The molecule has 2 fully saturated rings. The monoisotopic (exact) mass is 253 g/mol. The predicted molar refractivity (Wildman–Crippen MR) is 63.2 cm³/mol. The highest BCUT2D eigenvalue weighted by Crippen LogP contribution is 2.49. The minimum atomic E-state index is -0.804. The third-order valence-electron chi connectivity index (χ3n) is 3.36. The minimum Gasteiger partial charge on any atom is -0.481 e. The molecule has 0 bridgehead atoms. The van der Waals surface area contributed by atoms with Crippen molar-refractivity contribution >= 4 is 17.7 Å². The average Bonchev–Trinajstić information content (AvgIpc) is 3.18. The number of hydrogen-bond donors (Lipinski definition) is 1. The Morgan fingerprint density at radius 3 is 2.76 bits per heavy atom. The van der Waals surface area contributed by atoms with Crippen LogP contribution in [0.25, 0.3) is 0 Å². The van der Waals surface area contributed by atoms with E-state index in [-0.39, 0.29) is 5.75 Å². The van der Waals surface area contributed by atoms with Gasteiger partial charge in [0.2, 0.25) is 0 Å². The molecule has 92 valence electrons. The quantitative estimate of drug-likeness (QED) is 0.812. The number of nitrogens with zero attached hydrogens (tertiary/aromatic N) is 3. The molecule has 1 heterocycles. The van der Waals surface area contributed by atoms with E-state index in [0.29, 0.717) is 17.9 Å². The molecular formula is C11H15N3O2S. The van der Waals surface area contributed by atoms with Crippen LogP contribution in [0.3, 0.4) is 0 Å². The van der Waals surface area contributed by atoms with E-state index in [1.165, 1.54) is 31.0 Å². The molecule has 17 heavy (non-hydrogen) atoms. The summed E-state index contributed by atoms with van der Waals surface area (Å²) < 4.78 is 2.19. The predicted octanol–water partition coefficient (Wildman–Crippen LogP) is 1.91. The minimum absolute atomic E-state index is 0.0594. The third-order valence-corrected chi connectivity index (χ3v) is 4.28. The maximum Gasteiger partial charge on any atom is 0.313 e. The van der Waals surface area contributed by atoms with E-state index in [4.69, 9.17) is 5.11 Å². The van der Waals surface area contributed by atoms with Gasteiger partial charge in [-0.1, -0.05) is 18.7 Å². The summed E-state index contributed by atoms with van der Waals surface area (Å²) >= 11 is 1.28. The Morgan fingerprint density at radius 1 is 1.53 bits per heavy atom.